The van der Waals surface area contributed by atoms with Crippen LogP contribution in [0.15, 0.2) is 170 Å². The van der Waals surface area contributed by atoms with Crippen molar-refractivity contribution in [1.29, 1.82) is 0 Å². The summed E-state index contributed by atoms with van der Waals surface area (Å²) in [7, 11) is 0. The van der Waals surface area contributed by atoms with E-state index in [0.29, 0.717) is 12.8 Å². The summed E-state index contributed by atoms with van der Waals surface area (Å²) in [5, 5.41) is 0. The third-order valence-electron chi connectivity index (χ3n) is 11.2. The summed E-state index contributed by atoms with van der Waals surface area (Å²) < 4.78 is 16.7. The highest BCUT2D eigenvalue weighted by Crippen LogP contribution is 2.12. The molecule has 0 aromatic carbocycles. The van der Waals surface area contributed by atoms with Gasteiger partial charge >= 0.3 is 17.9 Å². The number of hydrogen-bond acceptors (Lipinski definition) is 6. The second-order valence-electron chi connectivity index (χ2n) is 18.1. The maximum Gasteiger partial charge on any atom is 0.306 e. The smallest absolute Gasteiger partial charge is 0.306 e. The van der Waals surface area contributed by atoms with Crippen molar-refractivity contribution in [2.75, 3.05) is 13.2 Å². The van der Waals surface area contributed by atoms with E-state index in [-0.39, 0.29) is 50.4 Å². The molecule has 0 saturated carbocycles. The molecule has 0 spiro atoms. The molecule has 0 N–H and O–H groups in total. The van der Waals surface area contributed by atoms with Crippen LogP contribution in [0.4, 0.5) is 0 Å². The van der Waals surface area contributed by atoms with Gasteiger partial charge in [-0.25, -0.2) is 0 Å². The van der Waals surface area contributed by atoms with Crippen LogP contribution in [0.25, 0.3) is 0 Å². The molecule has 0 radical (unpaired) electrons. The quantitative estimate of drug-likeness (QED) is 0.0261. The molecule has 6 heteroatoms. The van der Waals surface area contributed by atoms with Crippen molar-refractivity contribution >= 4 is 17.9 Å². The first kappa shape index (κ1) is 67.8. The topological polar surface area (TPSA) is 78.9 Å². The monoisotopic (exact) mass is 1000 g/mol. The number of hydrogen-bond donors (Lipinski definition) is 0. The van der Waals surface area contributed by atoms with Crippen molar-refractivity contribution in [2.45, 2.75) is 219 Å². The van der Waals surface area contributed by atoms with E-state index in [1.165, 1.54) is 44.9 Å². The molecule has 0 heterocycles. The third-order valence-corrected chi connectivity index (χ3v) is 11.2. The molecule has 0 amide bonds. The van der Waals surface area contributed by atoms with Crippen LogP contribution >= 0.6 is 0 Å². The van der Waals surface area contributed by atoms with Crippen molar-refractivity contribution < 1.29 is 28.6 Å². The minimum Gasteiger partial charge on any atom is -0.462 e. The Bertz CT molecular complexity index is 1630. The van der Waals surface area contributed by atoms with Gasteiger partial charge in [0.1, 0.15) is 13.2 Å². The van der Waals surface area contributed by atoms with E-state index >= 15 is 0 Å². The molecule has 406 valence electrons. The van der Waals surface area contributed by atoms with Crippen LogP contribution < -0.4 is 0 Å². The number of rotatable bonds is 49. The number of esters is 3. The molecular weight excluding hydrogens is 901 g/mol. The summed E-state index contributed by atoms with van der Waals surface area (Å²) in [5.74, 6) is -1.13. The van der Waals surface area contributed by atoms with Crippen molar-refractivity contribution in [2.24, 2.45) is 0 Å². The van der Waals surface area contributed by atoms with Crippen molar-refractivity contribution in [1.82, 2.24) is 0 Å². The van der Waals surface area contributed by atoms with Gasteiger partial charge < -0.3 is 14.2 Å². The lowest BCUT2D eigenvalue weighted by molar-refractivity contribution is -0.166. The highest BCUT2D eigenvalue weighted by Gasteiger charge is 2.19. The summed E-state index contributed by atoms with van der Waals surface area (Å²) in [6.45, 7) is 6.23. The molecule has 0 unspecified atom stereocenters. The molecule has 0 aromatic rings. The van der Waals surface area contributed by atoms with Crippen molar-refractivity contribution in [3.05, 3.63) is 170 Å². The largest absolute Gasteiger partial charge is 0.462 e. The fourth-order valence-corrected chi connectivity index (χ4v) is 6.99. The maximum absolute atomic E-state index is 12.9. The molecule has 0 aromatic heterocycles. The van der Waals surface area contributed by atoms with E-state index in [4.69, 9.17) is 14.2 Å². The van der Waals surface area contributed by atoms with E-state index in [1.807, 2.05) is 24.3 Å². The van der Waals surface area contributed by atoms with E-state index in [2.05, 4.69) is 167 Å². The number of carbonyl (C=O) groups excluding carboxylic acids is 3. The maximum atomic E-state index is 12.9. The van der Waals surface area contributed by atoms with Gasteiger partial charge in [-0.3, -0.25) is 14.4 Å². The van der Waals surface area contributed by atoms with E-state index < -0.39 is 6.10 Å². The predicted octanol–water partition coefficient (Wildman–Crippen LogP) is 19.5. The van der Waals surface area contributed by atoms with E-state index in [0.717, 1.165) is 116 Å². The van der Waals surface area contributed by atoms with E-state index in [9.17, 15) is 14.4 Å². The first-order valence-electron chi connectivity index (χ1n) is 28.6. The van der Waals surface area contributed by atoms with Crippen molar-refractivity contribution in [3.8, 4) is 0 Å². The van der Waals surface area contributed by atoms with E-state index in [1.54, 1.807) is 0 Å². The average molecular weight is 1000 g/mol. The molecule has 73 heavy (non-hydrogen) atoms. The van der Waals surface area contributed by atoms with Crippen LogP contribution in [0.3, 0.4) is 0 Å². The summed E-state index contributed by atoms with van der Waals surface area (Å²) in [6.07, 6.45) is 87.9. The lowest BCUT2D eigenvalue weighted by Crippen LogP contribution is -2.30. The van der Waals surface area contributed by atoms with Crippen LogP contribution in [-0.2, 0) is 28.6 Å². The lowest BCUT2D eigenvalue weighted by Gasteiger charge is -2.18. The lowest BCUT2D eigenvalue weighted by atomic mass is 10.1. The molecule has 0 aliphatic rings. The SMILES string of the molecule is CC/C=C\C/C=C\C/C=C\C/C=C\C/C=C\C/C=C\CCC(=O)OCC(COC(=O)CC/C=C\C/C=C\C/C=C\C/C=C\C/C=C\C/C=C\CC)OC(=O)CCCCCCCCC/C=C\C/C=C\CCCCC. The molecule has 6 nitrogen and oxygen atoms in total. The van der Waals surface area contributed by atoms with Crippen LogP contribution in [0.1, 0.15) is 213 Å². The highest BCUT2D eigenvalue weighted by molar-refractivity contribution is 5.71. The molecule has 0 fully saturated rings. The van der Waals surface area contributed by atoms with Gasteiger partial charge in [0.05, 0.1) is 0 Å². The molecular formula is C67H102O6. The fourth-order valence-electron chi connectivity index (χ4n) is 6.99. The molecule has 0 aliphatic heterocycles. The Morgan fingerprint density at radius 1 is 0.288 bits per heavy atom. The van der Waals surface area contributed by atoms with Gasteiger partial charge in [0, 0.05) is 19.3 Å². The fraction of sp³-hybridized carbons (Fsp3) is 0.537. The zero-order valence-electron chi connectivity index (χ0n) is 46.3. The van der Waals surface area contributed by atoms with Gasteiger partial charge in [-0.05, 0) is 128 Å². The van der Waals surface area contributed by atoms with Gasteiger partial charge in [-0.2, -0.15) is 0 Å². The normalized spacial score (nSPS) is 13.0. The van der Waals surface area contributed by atoms with Crippen LogP contribution in [0.2, 0.25) is 0 Å². The zero-order chi connectivity index (χ0) is 52.9. The van der Waals surface area contributed by atoms with Gasteiger partial charge in [0.15, 0.2) is 6.10 Å². The Hall–Kier alpha value is -5.23. The molecule has 0 aliphatic carbocycles. The molecule has 0 bridgehead atoms. The Kier molecular flexibility index (Phi) is 55.1. The first-order valence-corrected chi connectivity index (χ1v) is 28.6. The second-order valence-corrected chi connectivity index (χ2v) is 18.1. The Morgan fingerprint density at radius 2 is 0.562 bits per heavy atom. The van der Waals surface area contributed by atoms with Crippen LogP contribution in [0.5, 0.6) is 0 Å². The zero-order valence-corrected chi connectivity index (χ0v) is 46.3. The summed E-state index contributed by atoms with van der Waals surface area (Å²) in [5.41, 5.74) is 0. The van der Waals surface area contributed by atoms with Gasteiger partial charge in [0.2, 0.25) is 0 Å². The minimum atomic E-state index is -0.854. The Balaban J connectivity index is 4.66. The molecule has 0 atom stereocenters. The number of unbranched alkanes of at least 4 members (excludes halogenated alkanes) is 10. The van der Waals surface area contributed by atoms with Crippen LogP contribution in [0, 0.1) is 0 Å². The Morgan fingerprint density at radius 3 is 0.890 bits per heavy atom. The summed E-state index contributed by atoms with van der Waals surface area (Å²) in [4.78, 5) is 38.1. The second kappa shape index (κ2) is 59.3. The molecule has 0 rings (SSSR count). The van der Waals surface area contributed by atoms with Crippen LogP contribution in [-0.4, -0.2) is 37.2 Å². The average Bonchev–Trinajstić information content (AvgIpc) is 3.39. The highest BCUT2D eigenvalue weighted by atomic mass is 16.6. The number of carbonyl (C=O) groups is 3. The van der Waals surface area contributed by atoms with Crippen molar-refractivity contribution in [3.63, 3.8) is 0 Å². The minimum absolute atomic E-state index is 0.153. The standard InChI is InChI=1S/C67H102O6/c1-4-7-10-13-16-19-22-25-28-31-33-36-38-41-44-47-50-53-56-59-65(68)71-62-64(73-67(70)61-58-55-52-49-46-43-40-35-30-27-24-21-18-15-12-9-6-3)63-72-66(69)60-57-54-51-48-45-42-39-37-34-32-29-26-23-20-17-14-11-8-5-2/h7-8,10-11,16-21,25-30,33-34,36-37,41-42,44-45,50-51,53-54,64H,4-6,9,12-15,22-24,31-32,35,38-40,43,46-49,52,55-63H2,1-3H3/b10-7-,11-8-,19-16-,20-17-,21-18-,28-25-,29-26-,30-27-,36-33-,37-34-,44-41-,45-42-,53-50-,54-51-. The van der Waals surface area contributed by atoms with Gasteiger partial charge in [-0.1, -0.05) is 236 Å². The number of allylic oxidation sites excluding steroid dienone is 28. The summed E-state index contributed by atoms with van der Waals surface area (Å²) >= 11 is 0. The Labute approximate surface area is 447 Å². The van der Waals surface area contributed by atoms with Gasteiger partial charge in [-0.15, -0.1) is 0 Å². The molecule has 0 saturated heterocycles. The number of ether oxygens (including phenoxy) is 3. The predicted molar refractivity (Wildman–Crippen MR) is 315 cm³/mol. The summed E-state index contributed by atoms with van der Waals surface area (Å²) in [6, 6.07) is 0. The van der Waals surface area contributed by atoms with Gasteiger partial charge in [0.25, 0.3) is 0 Å². The third kappa shape index (κ3) is 57.5. The first-order chi connectivity index (χ1) is 36.0.